The van der Waals surface area contributed by atoms with E-state index in [9.17, 15) is 23.6 Å². The predicted molar refractivity (Wildman–Crippen MR) is 43.4 cm³/mol. The fourth-order valence-electron chi connectivity index (χ4n) is 1.20. The first kappa shape index (κ1) is 13.3. The molecule has 0 saturated heterocycles. The lowest BCUT2D eigenvalue weighted by Crippen LogP contribution is -2.33. The van der Waals surface area contributed by atoms with Crippen molar-refractivity contribution < 1.29 is 37.7 Å². The van der Waals surface area contributed by atoms with Crippen molar-refractivity contribution >= 4 is 23.8 Å². The van der Waals surface area contributed by atoms with Gasteiger partial charge < -0.3 is 9.99 Å². The summed E-state index contributed by atoms with van der Waals surface area (Å²) < 4.78 is 33.3. The van der Waals surface area contributed by atoms with E-state index in [0.717, 1.165) is 0 Å². The van der Waals surface area contributed by atoms with E-state index in [1.165, 1.54) is 0 Å². The average Bonchev–Trinajstić information content (AvgIpc) is 2.61. The van der Waals surface area contributed by atoms with Crippen molar-refractivity contribution in [3.8, 4) is 0 Å². The van der Waals surface area contributed by atoms with Crippen LogP contribution in [0, 0.1) is 0 Å². The van der Waals surface area contributed by atoms with Crippen LogP contribution >= 0.6 is 12.0 Å². The molecule has 9 heteroatoms. The second-order valence-electron chi connectivity index (χ2n) is 2.99. The van der Waals surface area contributed by atoms with Crippen molar-refractivity contribution in [2.45, 2.75) is 30.6 Å². The molecule has 1 fully saturated rings. The molecule has 0 aromatic heterocycles. The zero-order valence-electron chi connectivity index (χ0n) is 7.81. The first-order chi connectivity index (χ1) is 7.47. The van der Waals surface area contributed by atoms with Gasteiger partial charge in [0.25, 0.3) is 0 Å². The molecule has 0 N–H and O–H groups in total. The Morgan fingerprint density at radius 2 is 2.25 bits per heavy atom. The molecule has 0 aromatic carbocycles. The Morgan fingerprint density at radius 3 is 2.75 bits per heavy atom. The van der Waals surface area contributed by atoms with E-state index in [1.807, 2.05) is 0 Å². The summed E-state index contributed by atoms with van der Waals surface area (Å²) in [6, 6.07) is 0. The molecular weight excluding hydrogens is 250 g/mol. The van der Waals surface area contributed by atoms with E-state index in [4.69, 9.17) is 0 Å². The SMILES string of the molecule is O=C1CCCC1OC(=O)C(F)(F)SOO[O-]. The third-order valence-corrected chi connectivity index (χ3v) is 2.40. The van der Waals surface area contributed by atoms with Crippen LogP contribution in [0.3, 0.4) is 0 Å². The monoisotopic (exact) mass is 257 g/mol. The van der Waals surface area contributed by atoms with Crippen molar-refractivity contribution in [1.29, 1.82) is 0 Å². The lowest BCUT2D eigenvalue weighted by molar-refractivity contribution is -0.777. The standard InChI is InChI=1S/C7H8F2O6S/c8-7(9,16-15-14-12)6(11)13-5-3-1-2-4(5)10/h5,12H,1-3H2/p-1. The van der Waals surface area contributed by atoms with Gasteiger partial charge in [-0.15, -0.1) is 0 Å². The zero-order chi connectivity index (χ0) is 12.2. The van der Waals surface area contributed by atoms with Crippen LogP contribution in [-0.4, -0.2) is 23.1 Å². The maximum absolute atomic E-state index is 12.8. The first-order valence-corrected chi connectivity index (χ1v) is 4.97. The molecule has 1 aliphatic rings. The van der Waals surface area contributed by atoms with Crippen LogP contribution in [0.1, 0.15) is 19.3 Å². The summed E-state index contributed by atoms with van der Waals surface area (Å²) in [5.41, 5.74) is 0. The van der Waals surface area contributed by atoms with Gasteiger partial charge in [0.2, 0.25) is 0 Å². The molecule has 1 aliphatic carbocycles. The van der Waals surface area contributed by atoms with Gasteiger partial charge in [-0.05, 0) is 12.8 Å². The molecule has 0 heterocycles. The number of alkyl halides is 2. The summed E-state index contributed by atoms with van der Waals surface area (Å²) in [7, 11) is 0. The highest BCUT2D eigenvalue weighted by Gasteiger charge is 2.46. The van der Waals surface area contributed by atoms with E-state index >= 15 is 0 Å². The largest absolute Gasteiger partial charge is 0.691 e. The molecule has 0 amide bonds. The van der Waals surface area contributed by atoms with E-state index in [2.05, 4.69) is 14.1 Å². The first-order valence-electron chi connectivity index (χ1n) is 4.23. The number of ketones is 1. The normalized spacial score (nSPS) is 21.2. The number of halogens is 2. The molecule has 0 aliphatic heterocycles. The molecule has 6 nitrogen and oxygen atoms in total. The van der Waals surface area contributed by atoms with Crippen molar-refractivity contribution in [3.63, 3.8) is 0 Å². The van der Waals surface area contributed by atoms with E-state index in [0.29, 0.717) is 6.42 Å². The molecule has 0 aromatic rings. The molecule has 0 spiro atoms. The minimum absolute atomic E-state index is 0.205. The molecule has 0 bridgehead atoms. The van der Waals surface area contributed by atoms with Gasteiger partial charge in [-0.25, -0.2) is 4.79 Å². The molecule has 1 saturated carbocycles. The van der Waals surface area contributed by atoms with Gasteiger partial charge in [-0.1, -0.05) is 0 Å². The van der Waals surface area contributed by atoms with E-state index in [1.54, 1.807) is 0 Å². The minimum atomic E-state index is -4.09. The van der Waals surface area contributed by atoms with Crippen molar-refractivity contribution in [3.05, 3.63) is 0 Å². The Labute approximate surface area is 92.9 Å². The topological polar surface area (TPSA) is 84.9 Å². The number of rotatable bonds is 5. The van der Waals surface area contributed by atoms with Gasteiger partial charge in [-0.3, -0.25) is 9.83 Å². The molecule has 1 unspecified atom stereocenters. The summed E-state index contributed by atoms with van der Waals surface area (Å²) in [5.74, 6) is -2.33. The summed E-state index contributed by atoms with van der Waals surface area (Å²) in [4.78, 5) is 21.9. The van der Waals surface area contributed by atoms with Gasteiger partial charge in [0, 0.05) is 6.42 Å². The Balaban J connectivity index is 2.47. The summed E-state index contributed by atoms with van der Waals surface area (Å²) in [5, 5.41) is 7.90. The molecule has 16 heavy (non-hydrogen) atoms. The van der Waals surface area contributed by atoms with E-state index < -0.39 is 35.2 Å². The smallest absolute Gasteiger partial charge is 0.415 e. The number of hydrogen-bond acceptors (Lipinski definition) is 7. The third-order valence-electron chi connectivity index (χ3n) is 1.90. The van der Waals surface area contributed by atoms with Gasteiger partial charge in [0.05, 0.1) is 0 Å². The highest BCUT2D eigenvalue weighted by molar-refractivity contribution is 7.96. The maximum Gasteiger partial charge on any atom is 0.415 e. The van der Waals surface area contributed by atoms with E-state index in [-0.39, 0.29) is 12.8 Å². The van der Waals surface area contributed by atoms with Gasteiger partial charge in [0.15, 0.2) is 11.9 Å². The highest BCUT2D eigenvalue weighted by atomic mass is 32.2. The van der Waals surface area contributed by atoms with Crippen LogP contribution in [0.2, 0.25) is 0 Å². The number of esters is 1. The van der Waals surface area contributed by atoms with Crippen LogP contribution < -0.4 is 5.26 Å². The maximum atomic E-state index is 12.8. The quantitative estimate of drug-likeness (QED) is 0.299. The van der Waals surface area contributed by atoms with Crippen LogP contribution in [0.25, 0.3) is 0 Å². The zero-order valence-corrected chi connectivity index (χ0v) is 8.63. The molecular formula is C7H7F2O6S-. The number of ether oxygens (including phenoxy) is 1. The number of Topliss-reactive ketones (excluding diaryl/α,β-unsaturated/α-hetero) is 1. The Hall–Kier alpha value is -0.770. The van der Waals surface area contributed by atoms with Gasteiger partial charge in [0.1, 0.15) is 12.0 Å². The van der Waals surface area contributed by atoms with Crippen LogP contribution in [0.4, 0.5) is 8.78 Å². The Bertz CT molecular complexity index is 284. The van der Waals surface area contributed by atoms with Crippen molar-refractivity contribution in [1.82, 2.24) is 0 Å². The molecule has 0 radical (unpaired) electrons. The fourth-order valence-corrected chi connectivity index (χ4v) is 1.43. The lowest BCUT2D eigenvalue weighted by atomic mass is 10.3. The van der Waals surface area contributed by atoms with Crippen molar-refractivity contribution in [2.24, 2.45) is 0 Å². The average molecular weight is 257 g/mol. The third kappa shape index (κ3) is 3.37. The summed E-state index contributed by atoms with van der Waals surface area (Å²) in [6.45, 7) is 0. The lowest BCUT2D eigenvalue weighted by Gasteiger charge is -2.16. The van der Waals surface area contributed by atoms with Crippen LogP contribution in [0.15, 0.2) is 0 Å². The number of carbonyl (C=O) groups excluding carboxylic acids is 2. The second-order valence-corrected chi connectivity index (χ2v) is 3.80. The van der Waals surface area contributed by atoms with Gasteiger partial charge >= 0.3 is 11.2 Å². The molecule has 92 valence electrons. The minimum Gasteiger partial charge on any atom is -0.691 e. The summed E-state index contributed by atoms with van der Waals surface area (Å²) >= 11 is -0.782. The van der Waals surface area contributed by atoms with Crippen LogP contribution in [-0.2, 0) is 23.7 Å². The molecule has 1 atom stereocenters. The second kappa shape index (κ2) is 5.53. The number of hydrogen-bond donors (Lipinski definition) is 0. The number of carbonyl (C=O) groups is 2. The fraction of sp³-hybridized carbons (Fsp3) is 0.714. The highest BCUT2D eigenvalue weighted by Crippen LogP contribution is 2.32. The predicted octanol–water partition coefficient (Wildman–Crippen LogP) is 0.116. The molecule has 1 rings (SSSR count). The summed E-state index contributed by atoms with van der Waals surface area (Å²) in [6.07, 6.45) is -0.205. The van der Waals surface area contributed by atoms with Crippen LogP contribution in [0.5, 0.6) is 0 Å². The Morgan fingerprint density at radius 1 is 1.56 bits per heavy atom. The van der Waals surface area contributed by atoms with Gasteiger partial charge in [-0.2, -0.15) is 13.1 Å². The Kier molecular flexibility index (Phi) is 4.59. The van der Waals surface area contributed by atoms with Crippen molar-refractivity contribution in [2.75, 3.05) is 0 Å².